The molecular formula is C11H18O2. The van der Waals surface area contributed by atoms with Crippen molar-refractivity contribution < 1.29 is 9.53 Å². The molecule has 0 saturated heterocycles. The van der Waals surface area contributed by atoms with Crippen LogP contribution in [0.1, 0.15) is 40.0 Å². The van der Waals surface area contributed by atoms with E-state index < -0.39 is 0 Å². The first kappa shape index (κ1) is 10.3. The molecule has 2 heteroatoms. The van der Waals surface area contributed by atoms with Gasteiger partial charge < -0.3 is 4.74 Å². The topological polar surface area (TPSA) is 26.3 Å². The lowest BCUT2D eigenvalue weighted by atomic mass is 9.99. The third-order valence-corrected chi connectivity index (χ3v) is 2.57. The maximum absolute atomic E-state index is 11.5. The van der Waals surface area contributed by atoms with E-state index in [1.54, 1.807) is 0 Å². The number of hydrogen-bond acceptors (Lipinski definition) is 2. The Labute approximate surface area is 80.0 Å². The molecule has 0 bridgehead atoms. The quantitative estimate of drug-likeness (QED) is 0.485. The van der Waals surface area contributed by atoms with Crippen LogP contribution in [0.15, 0.2) is 11.1 Å². The highest BCUT2D eigenvalue weighted by atomic mass is 16.5. The lowest BCUT2D eigenvalue weighted by molar-refractivity contribution is -0.146. The fraction of sp³-hybridized carbons (Fsp3) is 0.727. The highest BCUT2D eigenvalue weighted by Crippen LogP contribution is 2.34. The zero-order valence-corrected chi connectivity index (χ0v) is 8.72. The summed E-state index contributed by atoms with van der Waals surface area (Å²) >= 11 is 0. The van der Waals surface area contributed by atoms with Gasteiger partial charge in [0, 0.05) is 0 Å². The van der Waals surface area contributed by atoms with Crippen LogP contribution in [0, 0.1) is 5.92 Å². The second-order valence-electron chi connectivity index (χ2n) is 3.72. The molecule has 0 spiro atoms. The number of hydrogen-bond donors (Lipinski definition) is 0. The van der Waals surface area contributed by atoms with Gasteiger partial charge in [0.2, 0.25) is 0 Å². The Morgan fingerprint density at radius 2 is 2.23 bits per heavy atom. The highest BCUT2D eigenvalue weighted by molar-refractivity contribution is 5.76. The van der Waals surface area contributed by atoms with Gasteiger partial charge in [0.15, 0.2) is 0 Å². The van der Waals surface area contributed by atoms with Gasteiger partial charge in [0.05, 0.1) is 12.5 Å². The third kappa shape index (κ3) is 2.33. The minimum Gasteiger partial charge on any atom is -0.466 e. The van der Waals surface area contributed by atoms with Crippen molar-refractivity contribution in [2.45, 2.75) is 40.0 Å². The second kappa shape index (κ2) is 4.45. The van der Waals surface area contributed by atoms with E-state index in [1.165, 1.54) is 11.1 Å². The SMILES string of the molecule is CCOC(=O)C1CCCC1=C(C)C. The molecule has 74 valence electrons. The standard InChI is InChI=1S/C11H18O2/c1-4-13-11(12)10-7-5-6-9(10)8(2)3/h10H,4-7H2,1-3H3. The Kier molecular flexibility index (Phi) is 3.52. The van der Waals surface area contributed by atoms with Crippen LogP contribution in [0.25, 0.3) is 0 Å². The Balaban J connectivity index is 2.69. The maximum atomic E-state index is 11.5. The van der Waals surface area contributed by atoms with Crippen LogP contribution in [-0.2, 0) is 9.53 Å². The molecule has 13 heavy (non-hydrogen) atoms. The van der Waals surface area contributed by atoms with Gasteiger partial charge in [-0.3, -0.25) is 4.79 Å². The third-order valence-electron chi connectivity index (χ3n) is 2.57. The largest absolute Gasteiger partial charge is 0.466 e. The Bertz CT molecular complexity index is 224. The van der Waals surface area contributed by atoms with Crippen LogP contribution in [0.4, 0.5) is 0 Å². The smallest absolute Gasteiger partial charge is 0.313 e. The predicted molar refractivity (Wildman–Crippen MR) is 52.3 cm³/mol. The number of rotatable bonds is 2. The van der Waals surface area contributed by atoms with E-state index in [1.807, 2.05) is 6.92 Å². The monoisotopic (exact) mass is 182 g/mol. The second-order valence-corrected chi connectivity index (χ2v) is 3.72. The lowest BCUT2D eigenvalue weighted by Crippen LogP contribution is -2.16. The van der Waals surface area contributed by atoms with Gasteiger partial charge in [-0.2, -0.15) is 0 Å². The lowest BCUT2D eigenvalue weighted by Gasteiger charge is -2.12. The van der Waals surface area contributed by atoms with E-state index in [2.05, 4.69) is 13.8 Å². The van der Waals surface area contributed by atoms with Crippen molar-refractivity contribution in [1.82, 2.24) is 0 Å². The molecule has 1 unspecified atom stereocenters. The molecule has 0 heterocycles. The summed E-state index contributed by atoms with van der Waals surface area (Å²) in [6.45, 7) is 6.50. The average Bonchev–Trinajstić information content (AvgIpc) is 2.52. The number of allylic oxidation sites excluding steroid dienone is 1. The summed E-state index contributed by atoms with van der Waals surface area (Å²) in [5.41, 5.74) is 2.59. The molecule has 0 amide bonds. The van der Waals surface area contributed by atoms with Crippen LogP contribution in [0.2, 0.25) is 0 Å². The molecule has 0 N–H and O–H groups in total. The van der Waals surface area contributed by atoms with Crippen molar-refractivity contribution in [2.24, 2.45) is 5.92 Å². The number of carbonyl (C=O) groups excluding carboxylic acids is 1. The normalized spacial score (nSPS) is 21.8. The molecule has 1 atom stereocenters. The summed E-state index contributed by atoms with van der Waals surface area (Å²) in [6.07, 6.45) is 3.18. The van der Waals surface area contributed by atoms with E-state index in [0.717, 1.165) is 19.3 Å². The zero-order valence-electron chi connectivity index (χ0n) is 8.72. The molecule has 0 radical (unpaired) electrons. The van der Waals surface area contributed by atoms with Crippen molar-refractivity contribution in [3.8, 4) is 0 Å². The van der Waals surface area contributed by atoms with E-state index in [4.69, 9.17) is 4.74 Å². The summed E-state index contributed by atoms with van der Waals surface area (Å²) in [5.74, 6) is 0.0288. The average molecular weight is 182 g/mol. The van der Waals surface area contributed by atoms with E-state index in [-0.39, 0.29) is 11.9 Å². The van der Waals surface area contributed by atoms with Gasteiger partial charge in [-0.15, -0.1) is 0 Å². The minimum absolute atomic E-state index is 0.0313. The molecule has 2 nitrogen and oxygen atoms in total. The fourth-order valence-electron chi connectivity index (χ4n) is 1.95. The molecule has 1 fully saturated rings. The van der Waals surface area contributed by atoms with E-state index in [0.29, 0.717) is 6.61 Å². The van der Waals surface area contributed by atoms with Gasteiger partial charge in [-0.05, 0) is 40.0 Å². The fourth-order valence-corrected chi connectivity index (χ4v) is 1.95. The van der Waals surface area contributed by atoms with E-state index >= 15 is 0 Å². The molecule has 0 aromatic rings. The van der Waals surface area contributed by atoms with Crippen molar-refractivity contribution >= 4 is 5.97 Å². The van der Waals surface area contributed by atoms with E-state index in [9.17, 15) is 4.79 Å². The minimum atomic E-state index is -0.0313. The summed E-state index contributed by atoms with van der Waals surface area (Å²) in [7, 11) is 0. The zero-order chi connectivity index (χ0) is 9.84. The van der Waals surface area contributed by atoms with Gasteiger partial charge in [-0.25, -0.2) is 0 Å². The maximum Gasteiger partial charge on any atom is 0.313 e. The van der Waals surface area contributed by atoms with Crippen LogP contribution in [0.5, 0.6) is 0 Å². The summed E-state index contributed by atoms with van der Waals surface area (Å²) in [4.78, 5) is 11.5. The Hall–Kier alpha value is -0.790. The van der Waals surface area contributed by atoms with Gasteiger partial charge in [-0.1, -0.05) is 11.1 Å². The summed E-state index contributed by atoms with van der Waals surface area (Å²) in [6, 6.07) is 0. The van der Waals surface area contributed by atoms with Crippen molar-refractivity contribution in [3.05, 3.63) is 11.1 Å². The molecular weight excluding hydrogens is 164 g/mol. The Morgan fingerprint density at radius 3 is 2.77 bits per heavy atom. The Morgan fingerprint density at radius 1 is 1.54 bits per heavy atom. The number of esters is 1. The van der Waals surface area contributed by atoms with Gasteiger partial charge in [0.25, 0.3) is 0 Å². The van der Waals surface area contributed by atoms with Crippen molar-refractivity contribution in [3.63, 3.8) is 0 Å². The van der Waals surface area contributed by atoms with Crippen molar-refractivity contribution in [2.75, 3.05) is 6.61 Å². The molecule has 1 rings (SSSR count). The number of ether oxygens (including phenoxy) is 1. The molecule has 0 aliphatic heterocycles. The first-order chi connectivity index (χ1) is 6.16. The molecule has 1 aliphatic rings. The van der Waals surface area contributed by atoms with Gasteiger partial charge >= 0.3 is 5.97 Å². The number of carbonyl (C=O) groups is 1. The van der Waals surface area contributed by atoms with Crippen molar-refractivity contribution in [1.29, 1.82) is 0 Å². The van der Waals surface area contributed by atoms with Crippen LogP contribution in [-0.4, -0.2) is 12.6 Å². The van der Waals surface area contributed by atoms with Crippen LogP contribution >= 0.6 is 0 Å². The first-order valence-electron chi connectivity index (χ1n) is 4.99. The van der Waals surface area contributed by atoms with Crippen LogP contribution < -0.4 is 0 Å². The highest BCUT2D eigenvalue weighted by Gasteiger charge is 2.29. The van der Waals surface area contributed by atoms with Crippen LogP contribution in [0.3, 0.4) is 0 Å². The molecule has 0 aromatic carbocycles. The first-order valence-corrected chi connectivity index (χ1v) is 4.99. The molecule has 0 aromatic heterocycles. The molecule has 1 aliphatic carbocycles. The summed E-state index contributed by atoms with van der Waals surface area (Å²) < 4.78 is 5.03. The van der Waals surface area contributed by atoms with Gasteiger partial charge in [0.1, 0.15) is 0 Å². The summed E-state index contributed by atoms with van der Waals surface area (Å²) in [5, 5.41) is 0. The molecule has 1 saturated carbocycles. The predicted octanol–water partition coefficient (Wildman–Crippen LogP) is 2.69.